The van der Waals surface area contributed by atoms with Gasteiger partial charge in [0.15, 0.2) is 11.6 Å². The summed E-state index contributed by atoms with van der Waals surface area (Å²) in [6, 6.07) is 3.32. The minimum absolute atomic E-state index is 0.110. The van der Waals surface area contributed by atoms with Crippen LogP contribution in [0.5, 0.6) is 5.75 Å². The van der Waals surface area contributed by atoms with Gasteiger partial charge in [-0.1, -0.05) is 0 Å². The summed E-state index contributed by atoms with van der Waals surface area (Å²) in [7, 11) is 0. The molecule has 0 bridgehead atoms. The van der Waals surface area contributed by atoms with Crippen molar-refractivity contribution in [3.8, 4) is 5.75 Å². The highest BCUT2D eigenvalue weighted by molar-refractivity contribution is 5.24. The maximum Gasteiger partial charge on any atom is 0.167 e. The Balaban J connectivity index is 1.88. The van der Waals surface area contributed by atoms with Crippen LogP contribution in [0.1, 0.15) is 6.42 Å². The van der Waals surface area contributed by atoms with E-state index in [1.54, 1.807) is 0 Å². The molecule has 0 amide bonds. The molecule has 0 spiro atoms. The fourth-order valence-corrected chi connectivity index (χ4v) is 1.59. The lowest BCUT2D eigenvalue weighted by Crippen LogP contribution is -2.07. The summed E-state index contributed by atoms with van der Waals surface area (Å²) in [5.41, 5.74) is 5.46. The van der Waals surface area contributed by atoms with E-state index in [0.29, 0.717) is 25.0 Å². The molecule has 0 radical (unpaired) electrons. The second-order valence-electron chi connectivity index (χ2n) is 3.88. The van der Waals surface area contributed by atoms with Crippen molar-refractivity contribution < 1.29 is 13.5 Å². The molecule has 1 fully saturated rings. The standard InChI is InChI=1S/C11H13F2NO/c12-9-1-2-11(10(13)4-9)15-6-8-3-7(8)5-14/h1-2,4,7-8H,3,5-6,14H2. The van der Waals surface area contributed by atoms with Gasteiger partial charge in [-0.25, -0.2) is 8.78 Å². The number of nitrogens with two attached hydrogens (primary N) is 1. The number of hydrogen-bond acceptors (Lipinski definition) is 2. The zero-order chi connectivity index (χ0) is 10.8. The van der Waals surface area contributed by atoms with Crippen LogP contribution < -0.4 is 10.5 Å². The van der Waals surface area contributed by atoms with E-state index in [1.807, 2.05) is 0 Å². The van der Waals surface area contributed by atoms with Gasteiger partial charge in [0.05, 0.1) is 6.61 Å². The summed E-state index contributed by atoms with van der Waals surface area (Å²) in [5.74, 6) is -0.196. The van der Waals surface area contributed by atoms with E-state index in [1.165, 1.54) is 12.1 Å². The molecule has 0 aliphatic heterocycles. The van der Waals surface area contributed by atoms with Gasteiger partial charge in [-0.2, -0.15) is 0 Å². The molecule has 0 aromatic heterocycles. The number of benzene rings is 1. The number of ether oxygens (including phenoxy) is 1. The van der Waals surface area contributed by atoms with Crippen molar-refractivity contribution >= 4 is 0 Å². The minimum atomic E-state index is -0.653. The van der Waals surface area contributed by atoms with Gasteiger partial charge < -0.3 is 10.5 Å². The predicted molar refractivity (Wildman–Crippen MR) is 52.5 cm³/mol. The monoisotopic (exact) mass is 213 g/mol. The Morgan fingerprint density at radius 3 is 2.73 bits per heavy atom. The minimum Gasteiger partial charge on any atom is -0.490 e. The van der Waals surface area contributed by atoms with Gasteiger partial charge in [0, 0.05) is 6.07 Å². The molecule has 2 nitrogen and oxygen atoms in total. The van der Waals surface area contributed by atoms with E-state index in [0.717, 1.165) is 12.5 Å². The predicted octanol–water partition coefficient (Wildman–Crippen LogP) is 1.94. The molecule has 2 rings (SSSR count). The lowest BCUT2D eigenvalue weighted by atomic mass is 10.3. The fourth-order valence-electron chi connectivity index (χ4n) is 1.59. The van der Waals surface area contributed by atoms with Gasteiger partial charge in [-0.15, -0.1) is 0 Å². The Morgan fingerprint density at radius 1 is 1.33 bits per heavy atom. The first-order valence-electron chi connectivity index (χ1n) is 4.98. The largest absolute Gasteiger partial charge is 0.490 e. The van der Waals surface area contributed by atoms with Gasteiger partial charge in [-0.05, 0) is 36.9 Å². The highest BCUT2D eigenvalue weighted by atomic mass is 19.1. The smallest absolute Gasteiger partial charge is 0.167 e. The third kappa shape index (κ3) is 2.45. The zero-order valence-electron chi connectivity index (χ0n) is 8.25. The van der Waals surface area contributed by atoms with Gasteiger partial charge in [0.25, 0.3) is 0 Å². The maximum atomic E-state index is 13.1. The topological polar surface area (TPSA) is 35.2 Å². The number of halogens is 2. The van der Waals surface area contributed by atoms with E-state index >= 15 is 0 Å². The molecule has 1 aliphatic rings. The summed E-state index contributed by atoms with van der Waals surface area (Å²) in [5, 5.41) is 0. The van der Waals surface area contributed by atoms with Gasteiger partial charge in [0.2, 0.25) is 0 Å². The molecule has 1 saturated carbocycles. The third-order valence-corrected chi connectivity index (χ3v) is 2.72. The Bertz CT molecular complexity index is 356. The Hall–Kier alpha value is -1.16. The molecule has 2 unspecified atom stereocenters. The lowest BCUT2D eigenvalue weighted by molar-refractivity contribution is 0.278. The molecular formula is C11H13F2NO. The average molecular weight is 213 g/mol. The van der Waals surface area contributed by atoms with E-state index < -0.39 is 11.6 Å². The molecular weight excluding hydrogens is 200 g/mol. The van der Waals surface area contributed by atoms with Crippen molar-refractivity contribution in [1.29, 1.82) is 0 Å². The zero-order valence-corrected chi connectivity index (χ0v) is 8.25. The van der Waals surface area contributed by atoms with Crippen LogP contribution in [0.3, 0.4) is 0 Å². The second-order valence-corrected chi connectivity index (χ2v) is 3.88. The first-order valence-corrected chi connectivity index (χ1v) is 4.98. The van der Waals surface area contributed by atoms with Gasteiger partial charge in [0.1, 0.15) is 5.82 Å². The molecule has 1 aromatic carbocycles. The van der Waals surface area contributed by atoms with Crippen LogP contribution >= 0.6 is 0 Å². The highest BCUT2D eigenvalue weighted by Gasteiger charge is 2.36. The Morgan fingerprint density at radius 2 is 2.13 bits per heavy atom. The Kier molecular flexibility index (Phi) is 2.86. The first kappa shape index (κ1) is 10.4. The van der Waals surface area contributed by atoms with Crippen molar-refractivity contribution in [1.82, 2.24) is 0 Å². The second kappa shape index (κ2) is 4.14. The normalized spacial score (nSPS) is 23.9. The summed E-state index contributed by atoms with van der Waals surface area (Å²) >= 11 is 0. The molecule has 4 heteroatoms. The molecule has 82 valence electrons. The van der Waals surface area contributed by atoms with Crippen LogP contribution in [0, 0.1) is 23.5 Å². The lowest BCUT2D eigenvalue weighted by Gasteiger charge is -2.06. The van der Waals surface area contributed by atoms with E-state index in [9.17, 15) is 8.78 Å². The van der Waals surface area contributed by atoms with Gasteiger partial charge in [-0.3, -0.25) is 0 Å². The summed E-state index contributed by atoms with van der Waals surface area (Å²) in [6.45, 7) is 1.12. The van der Waals surface area contributed by atoms with Crippen LogP contribution in [0.25, 0.3) is 0 Å². The first-order chi connectivity index (χ1) is 7.20. The van der Waals surface area contributed by atoms with E-state index in [2.05, 4.69) is 0 Å². The highest BCUT2D eigenvalue weighted by Crippen LogP contribution is 2.37. The van der Waals surface area contributed by atoms with Crippen LogP contribution in [-0.4, -0.2) is 13.2 Å². The van der Waals surface area contributed by atoms with Crippen LogP contribution in [0.4, 0.5) is 8.78 Å². The van der Waals surface area contributed by atoms with Crippen molar-refractivity contribution in [2.24, 2.45) is 17.6 Å². The van der Waals surface area contributed by atoms with Crippen molar-refractivity contribution in [2.75, 3.05) is 13.2 Å². The fraction of sp³-hybridized carbons (Fsp3) is 0.455. The molecule has 0 saturated heterocycles. The molecule has 2 atom stereocenters. The van der Waals surface area contributed by atoms with Crippen LogP contribution in [0.2, 0.25) is 0 Å². The number of rotatable bonds is 4. The average Bonchev–Trinajstić information content (AvgIpc) is 2.95. The summed E-state index contributed by atoms with van der Waals surface area (Å²) in [4.78, 5) is 0. The van der Waals surface area contributed by atoms with E-state index in [-0.39, 0.29) is 5.75 Å². The summed E-state index contributed by atoms with van der Waals surface area (Å²) < 4.78 is 30.9. The van der Waals surface area contributed by atoms with Crippen LogP contribution in [0.15, 0.2) is 18.2 Å². The molecule has 2 N–H and O–H groups in total. The Labute approximate surface area is 87.0 Å². The molecule has 1 aliphatic carbocycles. The SMILES string of the molecule is NCC1CC1COc1ccc(F)cc1F. The van der Waals surface area contributed by atoms with Crippen molar-refractivity contribution in [2.45, 2.75) is 6.42 Å². The molecule has 0 heterocycles. The number of hydrogen-bond donors (Lipinski definition) is 1. The quantitative estimate of drug-likeness (QED) is 0.829. The van der Waals surface area contributed by atoms with Crippen molar-refractivity contribution in [3.63, 3.8) is 0 Å². The van der Waals surface area contributed by atoms with Crippen molar-refractivity contribution in [3.05, 3.63) is 29.8 Å². The molecule has 15 heavy (non-hydrogen) atoms. The maximum absolute atomic E-state index is 13.1. The van der Waals surface area contributed by atoms with E-state index in [4.69, 9.17) is 10.5 Å². The third-order valence-electron chi connectivity index (χ3n) is 2.72. The van der Waals surface area contributed by atoms with Gasteiger partial charge >= 0.3 is 0 Å². The molecule has 1 aromatic rings. The summed E-state index contributed by atoms with van der Waals surface area (Å²) in [6.07, 6.45) is 1.04. The van der Waals surface area contributed by atoms with Crippen LogP contribution in [-0.2, 0) is 0 Å².